The molecule has 17 heavy (non-hydrogen) atoms. The van der Waals surface area contributed by atoms with Crippen molar-refractivity contribution in [2.75, 3.05) is 20.7 Å². The van der Waals surface area contributed by atoms with Crippen molar-refractivity contribution in [1.82, 2.24) is 4.90 Å². The minimum atomic E-state index is 0.208. The van der Waals surface area contributed by atoms with Crippen LogP contribution in [0.5, 0.6) is 5.75 Å². The largest absolute Gasteiger partial charge is 0.496 e. The van der Waals surface area contributed by atoms with Gasteiger partial charge in [0.25, 0.3) is 0 Å². The lowest BCUT2D eigenvalue weighted by Crippen LogP contribution is -2.39. The average molecular weight is 236 g/mol. The molecule has 0 spiro atoms. The van der Waals surface area contributed by atoms with Gasteiger partial charge in [-0.3, -0.25) is 0 Å². The Morgan fingerprint density at radius 2 is 1.94 bits per heavy atom. The molecule has 0 aliphatic carbocycles. The van der Waals surface area contributed by atoms with Gasteiger partial charge in [0, 0.05) is 18.6 Å². The van der Waals surface area contributed by atoms with Gasteiger partial charge >= 0.3 is 0 Å². The third-order valence-electron chi connectivity index (χ3n) is 3.04. The van der Waals surface area contributed by atoms with E-state index >= 15 is 0 Å². The molecule has 0 aliphatic rings. The molecule has 1 aromatic carbocycles. The molecule has 0 aliphatic heterocycles. The Kier molecular flexibility index (Phi) is 5.45. The molecule has 2 unspecified atom stereocenters. The van der Waals surface area contributed by atoms with Gasteiger partial charge in [-0.1, -0.05) is 18.2 Å². The second kappa shape index (κ2) is 6.62. The summed E-state index contributed by atoms with van der Waals surface area (Å²) in [4.78, 5) is 2.29. The zero-order valence-electron chi connectivity index (χ0n) is 11.3. The van der Waals surface area contributed by atoms with Crippen LogP contribution < -0.4 is 10.5 Å². The van der Waals surface area contributed by atoms with Crippen molar-refractivity contribution < 1.29 is 4.74 Å². The molecule has 1 rings (SSSR count). The number of nitrogens with zero attached hydrogens (tertiary/aromatic N) is 1. The van der Waals surface area contributed by atoms with E-state index in [4.69, 9.17) is 10.5 Å². The van der Waals surface area contributed by atoms with Gasteiger partial charge in [-0.05, 0) is 38.9 Å². The topological polar surface area (TPSA) is 38.5 Å². The van der Waals surface area contributed by atoms with Crippen molar-refractivity contribution in [2.24, 2.45) is 5.73 Å². The van der Waals surface area contributed by atoms with Crippen LogP contribution >= 0.6 is 0 Å². The number of ether oxygens (including phenoxy) is 1. The van der Waals surface area contributed by atoms with Crippen LogP contribution in [0.2, 0.25) is 0 Å². The molecule has 0 bridgehead atoms. The molecule has 2 N–H and O–H groups in total. The summed E-state index contributed by atoms with van der Waals surface area (Å²) in [7, 11) is 3.83. The van der Waals surface area contributed by atoms with Gasteiger partial charge in [0.1, 0.15) is 5.75 Å². The van der Waals surface area contributed by atoms with Crippen LogP contribution in [-0.2, 0) is 6.42 Å². The summed E-state index contributed by atoms with van der Waals surface area (Å²) in [5, 5.41) is 0. The van der Waals surface area contributed by atoms with E-state index in [2.05, 4.69) is 31.0 Å². The predicted octanol–water partition coefficient (Wildman–Crippen LogP) is 1.91. The minimum absolute atomic E-state index is 0.208. The third-order valence-corrected chi connectivity index (χ3v) is 3.04. The fourth-order valence-corrected chi connectivity index (χ4v) is 1.98. The summed E-state index contributed by atoms with van der Waals surface area (Å²) in [6, 6.07) is 8.84. The number of methoxy groups -OCH3 is 1. The maximum atomic E-state index is 5.81. The molecular weight excluding hydrogens is 212 g/mol. The fourth-order valence-electron chi connectivity index (χ4n) is 1.98. The number of benzene rings is 1. The van der Waals surface area contributed by atoms with E-state index in [-0.39, 0.29) is 6.04 Å². The molecule has 0 amide bonds. The van der Waals surface area contributed by atoms with Crippen LogP contribution in [0.3, 0.4) is 0 Å². The highest BCUT2D eigenvalue weighted by molar-refractivity contribution is 5.33. The quantitative estimate of drug-likeness (QED) is 0.820. The molecule has 0 heterocycles. The molecule has 0 saturated heterocycles. The molecule has 0 aromatic heterocycles. The maximum Gasteiger partial charge on any atom is 0.122 e. The predicted molar refractivity (Wildman–Crippen MR) is 72.4 cm³/mol. The molecule has 0 saturated carbocycles. The summed E-state index contributed by atoms with van der Waals surface area (Å²) in [6.07, 6.45) is 0.979. The van der Waals surface area contributed by atoms with Crippen LogP contribution in [0, 0.1) is 0 Å². The van der Waals surface area contributed by atoms with Crippen LogP contribution in [0.4, 0.5) is 0 Å². The number of nitrogens with two attached hydrogens (primary N) is 1. The number of para-hydroxylation sites is 1. The zero-order chi connectivity index (χ0) is 12.8. The molecule has 0 radical (unpaired) electrons. The summed E-state index contributed by atoms with van der Waals surface area (Å²) < 4.78 is 5.36. The number of hydrogen-bond acceptors (Lipinski definition) is 3. The highest BCUT2D eigenvalue weighted by Gasteiger charge is 2.13. The smallest absolute Gasteiger partial charge is 0.122 e. The lowest BCUT2D eigenvalue weighted by Gasteiger charge is -2.26. The van der Waals surface area contributed by atoms with Crippen molar-refractivity contribution in [3.8, 4) is 5.75 Å². The molecule has 1 aromatic rings. The van der Waals surface area contributed by atoms with Gasteiger partial charge < -0.3 is 15.4 Å². The van der Waals surface area contributed by atoms with Gasteiger partial charge in [0.15, 0.2) is 0 Å². The maximum absolute atomic E-state index is 5.81. The third kappa shape index (κ3) is 4.36. The van der Waals surface area contributed by atoms with Crippen molar-refractivity contribution in [2.45, 2.75) is 32.4 Å². The standard InChI is InChI=1S/C14H24N2O/c1-11(15)10-16(3)12(2)9-13-7-5-6-8-14(13)17-4/h5-8,11-12H,9-10,15H2,1-4H3. The summed E-state index contributed by atoms with van der Waals surface area (Å²) in [5.74, 6) is 0.966. The van der Waals surface area contributed by atoms with Gasteiger partial charge in [-0.2, -0.15) is 0 Å². The monoisotopic (exact) mass is 236 g/mol. The van der Waals surface area contributed by atoms with E-state index in [1.54, 1.807) is 7.11 Å². The zero-order valence-corrected chi connectivity index (χ0v) is 11.3. The van der Waals surface area contributed by atoms with E-state index in [1.165, 1.54) is 5.56 Å². The second-order valence-electron chi connectivity index (χ2n) is 4.78. The van der Waals surface area contributed by atoms with Gasteiger partial charge in [0.2, 0.25) is 0 Å². The molecule has 3 heteroatoms. The lowest BCUT2D eigenvalue weighted by molar-refractivity contribution is 0.243. The van der Waals surface area contributed by atoms with Crippen LogP contribution in [0.25, 0.3) is 0 Å². The first-order chi connectivity index (χ1) is 8.04. The first kappa shape index (κ1) is 14.0. The summed E-state index contributed by atoms with van der Waals surface area (Å²) in [5.41, 5.74) is 7.06. The molecule has 2 atom stereocenters. The van der Waals surface area contributed by atoms with Gasteiger partial charge in [-0.25, -0.2) is 0 Å². The first-order valence-corrected chi connectivity index (χ1v) is 6.12. The SMILES string of the molecule is COc1ccccc1CC(C)N(C)CC(C)N. The van der Waals surface area contributed by atoms with Crippen LogP contribution in [0.15, 0.2) is 24.3 Å². The van der Waals surface area contributed by atoms with E-state index < -0.39 is 0 Å². The second-order valence-corrected chi connectivity index (χ2v) is 4.78. The van der Waals surface area contributed by atoms with Crippen molar-refractivity contribution >= 4 is 0 Å². The normalized spacial score (nSPS) is 14.7. The van der Waals surface area contributed by atoms with Gasteiger partial charge in [-0.15, -0.1) is 0 Å². The van der Waals surface area contributed by atoms with Gasteiger partial charge in [0.05, 0.1) is 7.11 Å². The Morgan fingerprint density at radius 1 is 1.29 bits per heavy atom. The lowest BCUT2D eigenvalue weighted by atomic mass is 10.0. The molecule has 0 fully saturated rings. The number of rotatable bonds is 6. The highest BCUT2D eigenvalue weighted by atomic mass is 16.5. The molecule has 96 valence electrons. The Morgan fingerprint density at radius 3 is 2.53 bits per heavy atom. The summed E-state index contributed by atoms with van der Waals surface area (Å²) >= 11 is 0. The van der Waals surface area contributed by atoms with Crippen LogP contribution in [-0.4, -0.2) is 37.7 Å². The minimum Gasteiger partial charge on any atom is -0.496 e. The van der Waals surface area contributed by atoms with E-state index in [9.17, 15) is 0 Å². The first-order valence-electron chi connectivity index (χ1n) is 6.12. The van der Waals surface area contributed by atoms with Crippen molar-refractivity contribution in [3.63, 3.8) is 0 Å². The Bertz CT molecular complexity index is 339. The number of likely N-dealkylation sites (N-methyl/N-ethyl adjacent to an activating group) is 1. The fraction of sp³-hybridized carbons (Fsp3) is 0.571. The van der Waals surface area contributed by atoms with Crippen molar-refractivity contribution in [1.29, 1.82) is 0 Å². The Balaban J connectivity index is 2.63. The van der Waals surface area contributed by atoms with Crippen LogP contribution in [0.1, 0.15) is 19.4 Å². The Labute approximate surface area is 105 Å². The van der Waals surface area contributed by atoms with E-state index in [0.29, 0.717) is 6.04 Å². The number of hydrogen-bond donors (Lipinski definition) is 1. The molecular formula is C14H24N2O. The van der Waals surface area contributed by atoms with E-state index in [0.717, 1.165) is 18.7 Å². The van der Waals surface area contributed by atoms with Crippen molar-refractivity contribution in [3.05, 3.63) is 29.8 Å². The van der Waals surface area contributed by atoms with E-state index in [1.807, 2.05) is 19.1 Å². The summed E-state index contributed by atoms with van der Waals surface area (Å²) in [6.45, 7) is 5.16. The Hall–Kier alpha value is -1.06. The average Bonchev–Trinajstić information content (AvgIpc) is 2.28. The highest BCUT2D eigenvalue weighted by Crippen LogP contribution is 2.20. The molecule has 3 nitrogen and oxygen atoms in total.